The smallest absolute Gasteiger partial charge is 0.243 e. The highest BCUT2D eigenvalue weighted by Gasteiger charge is 2.17. The van der Waals surface area contributed by atoms with Crippen molar-refractivity contribution in [2.24, 2.45) is 11.7 Å². The molecule has 0 aliphatic heterocycles. The number of carbonyl (C=O) groups is 2. The third-order valence-electron chi connectivity index (χ3n) is 3.62. The Labute approximate surface area is 176 Å². The summed E-state index contributed by atoms with van der Waals surface area (Å²) >= 11 is 0. The van der Waals surface area contributed by atoms with E-state index < -0.39 is 6.04 Å². The maximum Gasteiger partial charge on any atom is 0.243 e. The molecule has 0 spiro atoms. The van der Waals surface area contributed by atoms with E-state index in [1.807, 2.05) is 13.8 Å². The van der Waals surface area contributed by atoms with Gasteiger partial charge in [-0.1, -0.05) is 19.9 Å². The molecule has 1 aromatic heterocycles. The molecule has 0 radical (unpaired) electrons. The SMILES string of the molecule is CC(C)[C@H](N)C(=O)NCC(=O)Nc1cccc(OCCn2cncn2)c1.Cl.Cl. The summed E-state index contributed by atoms with van der Waals surface area (Å²) in [6.07, 6.45) is 3.07. The normalized spacial score (nSPS) is 11.0. The fourth-order valence-electron chi connectivity index (χ4n) is 2.06. The first kappa shape index (κ1) is 25.6. The van der Waals surface area contributed by atoms with Gasteiger partial charge < -0.3 is 21.1 Å². The third-order valence-corrected chi connectivity index (χ3v) is 3.62. The third kappa shape index (κ3) is 8.55. The number of carbonyl (C=O) groups excluding carboxylic acids is 2. The van der Waals surface area contributed by atoms with Gasteiger partial charge in [0.15, 0.2) is 0 Å². The van der Waals surface area contributed by atoms with Crippen LogP contribution in [-0.2, 0) is 16.1 Å². The Balaban J connectivity index is 0.00000364. The molecule has 4 N–H and O–H groups in total. The van der Waals surface area contributed by atoms with Crippen LogP contribution in [0.2, 0.25) is 0 Å². The maximum atomic E-state index is 12.0. The molecular weight excluding hydrogens is 407 g/mol. The highest BCUT2D eigenvalue weighted by atomic mass is 35.5. The number of ether oxygens (including phenoxy) is 1. The Kier molecular flexibility index (Phi) is 11.8. The van der Waals surface area contributed by atoms with Gasteiger partial charge in [-0.2, -0.15) is 5.10 Å². The zero-order chi connectivity index (χ0) is 18.9. The minimum absolute atomic E-state index is 0. The molecule has 0 saturated carbocycles. The molecule has 1 aromatic carbocycles. The number of hydrogen-bond acceptors (Lipinski definition) is 6. The Morgan fingerprint density at radius 1 is 1.29 bits per heavy atom. The van der Waals surface area contributed by atoms with Gasteiger partial charge in [0.05, 0.1) is 19.1 Å². The van der Waals surface area contributed by atoms with Crippen molar-refractivity contribution in [1.82, 2.24) is 20.1 Å². The van der Waals surface area contributed by atoms with E-state index in [4.69, 9.17) is 10.5 Å². The molecule has 1 heterocycles. The van der Waals surface area contributed by atoms with Gasteiger partial charge in [-0.25, -0.2) is 9.67 Å². The van der Waals surface area contributed by atoms with E-state index in [9.17, 15) is 9.59 Å². The molecule has 28 heavy (non-hydrogen) atoms. The highest BCUT2D eigenvalue weighted by molar-refractivity contribution is 5.95. The summed E-state index contributed by atoms with van der Waals surface area (Å²) < 4.78 is 7.29. The van der Waals surface area contributed by atoms with E-state index in [0.29, 0.717) is 24.6 Å². The standard InChI is InChI=1S/C17H24N6O3.2ClH/c1-12(2)16(18)17(25)20-9-15(24)22-13-4-3-5-14(8-13)26-7-6-23-11-19-10-21-23;;/h3-5,8,10-12,16H,6-7,9,18H2,1-2H3,(H,20,25)(H,22,24);2*1H/t16-;;/m0../s1. The van der Waals surface area contributed by atoms with Gasteiger partial charge >= 0.3 is 0 Å². The van der Waals surface area contributed by atoms with Crippen LogP contribution in [0.3, 0.4) is 0 Å². The van der Waals surface area contributed by atoms with Crippen LogP contribution in [0.1, 0.15) is 13.8 Å². The minimum atomic E-state index is -0.635. The lowest BCUT2D eigenvalue weighted by molar-refractivity contribution is -0.125. The van der Waals surface area contributed by atoms with Crippen LogP contribution in [0.15, 0.2) is 36.9 Å². The van der Waals surface area contributed by atoms with Crippen molar-refractivity contribution in [2.75, 3.05) is 18.5 Å². The summed E-state index contributed by atoms with van der Waals surface area (Å²) in [7, 11) is 0. The molecule has 0 fully saturated rings. The van der Waals surface area contributed by atoms with Crippen LogP contribution in [-0.4, -0.2) is 45.8 Å². The predicted octanol–water partition coefficient (Wildman–Crippen LogP) is 1.24. The van der Waals surface area contributed by atoms with Gasteiger partial charge in [0.1, 0.15) is 25.0 Å². The number of halogens is 2. The van der Waals surface area contributed by atoms with Crippen molar-refractivity contribution in [3.05, 3.63) is 36.9 Å². The summed E-state index contributed by atoms with van der Waals surface area (Å²) in [5, 5.41) is 9.22. The van der Waals surface area contributed by atoms with E-state index in [1.54, 1.807) is 35.3 Å². The van der Waals surface area contributed by atoms with Crippen molar-refractivity contribution >= 4 is 42.3 Å². The number of aromatic nitrogens is 3. The summed E-state index contributed by atoms with van der Waals surface area (Å²) in [6, 6.07) is 6.38. The zero-order valence-corrected chi connectivity index (χ0v) is 17.3. The number of nitrogens with one attached hydrogen (secondary N) is 2. The van der Waals surface area contributed by atoms with Crippen molar-refractivity contribution < 1.29 is 14.3 Å². The van der Waals surface area contributed by atoms with Gasteiger partial charge in [-0.15, -0.1) is 24.8 Å². The molecule has 0 aliphatic carbocycles. The Morgan fingerprint density at radius 3 is 2.68 bits per heavy atom. The van der Waals surface area contributed by atoms with E-state index in [0.717, 1.165) is 0 Å². The van der Waals surface area contributed by atoms with Gasteiger partial charge in [0, 0.05) is 11.8 Å². The van der Waals surface area contributed by atoms with Crippen LogP contribution < -0.4 is 21.1 Å². The lowest BCUT2D eigenvalue weighted by Crippen LogP contribution is -2.46. The van der Waals surface area contributed by atoms with Gasteiger partial charge in [0.25, 0.3) is 0 Å². The number of nitrogens with zero attached hydrogens (tertiary/aromatic N) is 3. The number of nitrogens with two attached hydrogens (primary N) is 1. The predicted molar refractivity (Wildman–Crippen MR) is 111 cm³/mol. The van der Waals surface area contributed by atoms with Gasteiger partial charge in [-0.05, 0) is 18.1 Å². The Hall–Kier alpha value is -2.36. The molecule has 0 aliphatic rings. The van der Waals surface area contributed by atoms with Crippen LogP contribution in [0.25, 0.3) is 0 Å². The summed E-state index contributed by atoms with van der Waals surface area (Å²) in [4.78, 5) is 27.6. The van der Waals surface area contributed by atoms with E-state index in [-0.39, 0.29) is 49.1 Å². The molecule has 11 heteroatoms. The van der Waals surface area contributed by atoms with Crippen molar-refractivity contribution in [1.29, 1.82) is 0 Å². The van der Waals surface area contributed by atoms with E-state index in [2.05, 4.69) is 20.7 Å². The first-order valence-corrected chi connectivity index (χ1v) is 8.34. The Bertz CT molecular complexity index is 727. The first-order valence-electron chi connectivity index (χ1n) is 8.34. The summed E-state index contributed by atoms with van der Waals surface area (Å²) in [5.74, 6) is -0.0624. The molecule has 0 bridgehead atoms. The fraction of sp³-hybridized carbons (Fsp3) is 0.412. The quantitative estimate of drug-likeness (QED) is 0.547. The lowest BCUT2D eigenvalue weighted by atomic mass is 10.1. The second-order valence-electron chi connectivity index (χ2n) is 6.07. The number of benzene rings is 1. The van der Waals surface area contributed by atoms with Crippen LogP contribution in [0, 0.1) is 5.92 Å². The number of hydrogen-bond donors (Lipinski definition) is 3. The summed E-state index contributed by atoms with van der Waals surface area (Å²) in [6.45, 7) is 4.54. The number of anilines is 1. The van der Waals surface area contributed by atoms with Gasteiger partial charge in [0.2, 0.25) is 11.8 Å². The second kappa shape index (κ2) is 12.9. The zero-order valence-electron chi connectivity index (χ0n) is 15.7. The van der Waals surface area contributed by atoms with Crippen LogP contribution in [0.5, 0.6) is 5.75 Å². The largest absolute Gasteiger partial charge is 0.492 e. The number of rotatable bonds is 9. The lowest BCUT2D eigenvalue weighted by Gasteiger charge is -2.15. The molecule has 2 amide bonds. The topological polar surface area (TPSA) is 124 Å². The molecule has 156 valence electrons. The molecule has 2 rings (SSSR count). The second-order valence-corrected chi connectivity index (χ2v) is 6.07. The fourth-order valence-corrected chi connectivity index (χ4v) is 2.06. The van der Waals surface area contributed by atoms with Crippen LogP contribution in [0.4, 0.5) is 5.69 Å². The molecule has 2 aromatic rings. The average Bonchev–Trinajstić information content (AvgIpc) is 3.12. The average molecular weight is 433 g/mol. The van der Waals surface area contributed by atoms with Crippen LogP contribution >= 0.6 is 24.8 Å². The monoisotopic (exact) mass is 432 g/mol. The molecule has 9 nitrogen and oxygen atoms in total. The molecule has 1 atom stereocenters. The highest BCUT2D eigenvalue weighted by Crippen LogP contribution is 2.17. The molecular formula is C17H26Cl2N6O3. The molecule has 0 saturated heterocycles. The minimum Gasteiger partial charge on any atom is -0.492 e. The first-order chi connectivity index (χ1) is 12.5. The molecule has 0 unspecified atom stereocenters. The van der Waals surface area contributed by atoms with E-state index >= 15 is 0 Å². The maximum absolute atomic E-state index is 12.0. The van der Waals surface area contributed by atoms with E-state index in [1.165, 1.54) is 6.33 Å². The number of amides is 2. The van der Waals surface area contributed by atoms with Gasteiger partial charge in [-0.3, -0.25) is 9.59 Å². The van der Waals surface area contributed by atoms with Crippen molar-refractivity contribution in [3.63, 3.8) is 0 Å². The summed E-state index contributed by atoms with van der Waals surface area (Å²) in [5.41, 5.74) is 6.31. The van der Waals surface area contributed by atoms with Crippen molar-refractivity contribution in [3.8, 4) is 5.75 Å². The Morgan fingerprint density at radius 2 is 2.04 bits per heavy atom. The van der Waals surface area contributed by atoms with Crippen molar-refractivity contribution in [2.45, 2.75) is 26.4 Å².